The van der Waals surface area contributed by atoms with Crippen LogP contribution in [0.5, 0.6) is 0 Å². The van der Waals surface area contributed by atoms with Crippen molar-refractivity contribution < 1.29 is 4.79 Å². The van der Waals surface area contributed by atoms with Gasteiger partial charge in [0.25, 0.3) is 5.91 Å². The second-order valence-corrected chi connectivity index (χ2v) is 5.96. The zero-order chi connectivity index (χ0) is 16.4. The maximum Gasteiger partial charge on any atom is 0.289 e. The Morgan fingerprint density at radius 2 is 1.96 bits per heavy atom. The molecule has 1 saturated carbocycles. The van der Waals surface area contributed by atoms with E-state index >= 15 is 0 Å². The predicted octanol–water partition coefficient (Wildman–Crippen LogP) is 2.34. The molecule has 0 atom stereocenters. The van der Waals surface area contributed by atoms with E-state index in [2.05, 4.69) is 44.5 Å². The molecule has 1 N–H and O–H groups in total. The minimum absolute atomic E-state index is 0.184. The summed E-state index contributed by atoms with van der Waals surface area (Å²) in [6.07, 6.45) is 8.58. The summed E-state index contributed by atoms with van der Waals surface area (Å²) < 4.78 is 1.74. The van der Waals surface area contributed by atoms with Crippen LogP contribution in [0.25, 0.3) is 5.82 Å². The van der Waals surface area contributed by atoms with E-state index in [-0.39, 0.29) is 17.8 Å². The fourth-order valence-corrected chi connectivity index (χ4v) is 2.98. The van der Waals surface area contributed by atoms with Crippen LogP contribution in [-0.4, -0.2) is 31.5 Å². The molecule has 3 aromatic rings. The Bertz CT molecular complexity index is 826. The molecule has 2 heterocycles. The second kappa shape index (κ2) is 6.23. The number of rotatable bonds is 4. The third-order valence-electron chi connectivity index (χ3n) is 4.36. The Kier molecular flexibility index (Phi) is 3.78. The molecule has 0 spiro atoms. The molecule has 0 radical (unpaired) electrons. The normalized spacial score (nSPS) is 19.5. The van der Waals surface area contributed by atoms with Crippen LogP contribution in [0, 0.1) is 0 Å². The topological polar surface area (TPSA) is 72.7 Å². The van der Waals surface area contributed by atoms with Crippen LogP contribution in [0.15, 0.2) is 61.3 Å². The molecule has 0 bridgehead atoms. The maximum absolute atomic E-state index is 12.4. The van der Waals surface area contributed by atoms with Crippen molar-refractivity contribution >= 4 is 5.91 Å². The number of aromatic nitrogens is 4. The Hall–Kier alpha value is -3.02. The van der Waals surface area contributed by atoms with Crippen molar-refractivity contribution in [1.82, 2.24) is 24.8 Å². The molecule has 120 valence electrons. The first-order valence-electron chi connectivity index (χ1n) is 7.97. The lowest BCUT2D eigenvalue weighted by atomic mass is 9.76. The number of hydrogen-bond acceptors (Lipinski definition) is 4. The molecule has 4 rings (SSSR count). The molecule has 2 aromatic heterocycles. The summed E-state index contributed by atoms with van der Waals surface area (Å²) in [6, 6.07) is 12.3. The molecule has 1 aliphatic carbocycles. The third kappa shape index (κ3) is 2.90. The summed E-state index contributed by atoms with van der Waals surface area (Å²) in [6.45, 7) is 0. The van der Waals surface area contributed by atoms with Gasteiger partial charge < -0.3 is 5.32 Å². The van der Waals surface area contributed by atoms with Gasteiger partial charge in [0.05, 0.1) is 0 Å². The first-order valence-corrected chi connectivity index (χ1v) is 7.97. The van der Waals surface area contributed by atoms with Gasteiger partial charge in [0.2, 0.25) is 5.82 Å². The molecule has 0 aliphatic heterocycles. The van der Waals surface area contributed by atoms with Crippen LogP contribution < -0.4 is 5.32 Å². The van der Waals surface area contributed by atoms with E-state index in [9.17, 15) is 4.79 Å². The number of benzene rings is 1. The van der Waals surface area contributed by atoms with Gasteiger partial charge in [0.1, 0.15) is 12.1 Å². The van der Waals surface area contributed by atoms with Gasteiger partial charge in [-0.15, -0.1) is 0 Å². The van der Waals surface area contributed by atoms with Gasteiger partial charge in [-0.3, -0.25) is 9.36 Å². The Labute approximate surface area is 139 Å². The van der Waals surface area contributed by atoms with Crippen molar-refractivity contribution in [2.24, 2.45) is 0 Å². The van der Waals surface area contributed by atoms with Gasteiger partial charge in [-0.05, 0) is 30.4 Å². The van der Waals surface area contributed by atoms with E-state index in [0.717, 1.165) is 12.8 Å². The fraction of sp³-hybridized carbons (Fsp3) is 0.222. The van der Waals surface area contributed by atoms with Crippen LogP contribution in [0.4, 0.5) is 0 Å². The van der Waals surface area contributed by atoms with Crippen molar-refractivity contribution in [3.05, 3.63) is 72.7 Å². The summed E-state index contributed by atoms with van der Waals surface area (Å²) in [5.74, 6) is 1.11. The number of nitrogens with zero attached hydrogens (tertiary/aromatic N) is 4. The first kappa shape index (κ1) is 14.6. The van der Waals surface area contributed by atoms with Crippen LogP contribution in [0.3, 0.4) is 0 Å². The average Bonchev–Trinajstić information content (AvgIpc) is 3.13. The quantitative estimate of drug-likeness (QED) is 0.801. The molecule has 24 heavy (non-hydrogen) atoms. The molecule has 0 unspecified atom stereocenters. The maximum atomic E-state index is 12.4. The molecule has 0 saturated heterocycles. The Morgan fingerprint density at radius 3 is 2.71 bits per heavy atom. The highest BCUT2D eigenvalue weighted by atomic mass is 16.2. The number of imidazole rings is 1. The number of nitrogens with one attached hydrogen (secondary N) is 1. The number of amides is 1. The van der Waals surface area contributed by atoms with Gasteiger partial charge >= 0.3 is 0 Å². The summed E-state index contributed by atoms with van der Waals surface area (Å²) in [7, 11) is 0. The summed E-state index contributed by atoms with van der Waals surface area (Å²) in [5.41, 5.74) is 1.33. The van der Waals surface area contributed by atoms with E-state index in [4.69, 9.17) is 0 Å². The van der Waals surface area contributed by atoms with E-state index in [1.807, 2.05) is 6.07 Å². The first-order chi connectivity index (χ1) is 11.8. The van der Waals surface area contributed by atoms with Crippen LogP contribution in [-0.2, 0) is 0 Å². The lowest BCUT2D eigenvalue weighted by Gasteiger charge is -2.36. The summed E-state index contributed by atoms with van der Waals surface area (Å²) >= 11 is 0. The second-order valence-electron chi connectivity index (χ2n) is 5.96. The van der Waals surface area contributed by atoms with Gasteiger partial charge in [-0.1, -0.05) is 30.3 Å². The van der Waals surface area contributed by atoms with Crippen molar-refractivity contribution in [1.29, 1.82) is 0 Å². The van der Waals surface area contributed by atoms with Gasteiger partial charge in [0.15, 0.2) is 0 Å². The van der Waals surface area contributed by atoms with Gasteiger partial charge in [-0.2, -0.15) is 0 Å². The highest BCUT2D eigenvalue weighted by molar-refractivity contribution is 5.90. The molecule has 6 nitrogen and oxygen atoms in total. The lowest BCUT2D eigenvalue weighted by molar-refractivity contribution is 0.0898. The predicted molar refractivity (Wildman–Crippen MR) is 88.8 cm³/mol. The average molecular weight is 319 g/mol. The van der Waals surface area contributed by atoms with E-state index in [0.29, 0.717) is 11.7 Å². The smallest absolute Gasteiger partial charge is 0.289 e. The Morgan fingerprint density at radius 1 is 1.12 bits per heavy atom. The highest BCUT2D eigenvalue weighted by Gasteiger charge is 2.31. The molecule has 1 aliphatic rings. The Balaban J connectivity index is 1.38. The number of hydrogen-bond donors (Lipinski definition) is 1. The molecular formula is C18H17N5O. The van der Waals surface area contributed by atoms with E-state index in [1.165, 1.54) is 5.56 Å². The van der Waals surface area contributed by atoms with Crippen molar-refractivity contribution in [3.63, 3.8) is 0 Å². The van der Waals surface area contributed by atoms with Gasteiger partial charge in [0, 0.05) is 24.6 Å². The molecule has 6 heteroatoms. The van der Waals surface area contributed by atoms with E-state index < -0.39 is 0 Å². The fourth-order valence-electron chi connectivity index (χ4n) is 2.98. The standard InChI is InChI=1S/C18H17N5O/c24-18(17-20-7-6-16(22-17)23-9-8-19-12-23)21-15-10-14(11-15)13-4-2-1-3-5-13/h1-9,12,14-15H,10-11H2,(H,21,24)/t14-,15+. The SMILES string of the molecule is O=C(N[C@H]1C[C@@H](c2ccccc2)C1)c1nccc(-n2ccnc2)n1. The monoisotopic (exact) mass is 319 g/mol. The van der Waals surface area contributed by atoms with E-state index in [1.54, 1.807) is 35.6 Å². The number of carbonyl (C=O) groups excluding carboxylic acids is 1. The summed E-state index contributed by atoms with van der Waals surface area (Å²) in [5, 5.41) is 3.02. The van der Waals surface area contributed by atoms with Crippen LogP contribution in [0.2, 0.25) is 0 Å². The highest BCUT2D eigenvalue weighted by Crippen LogP contribution is 2.36. The van der Waals surface area contributed by atoms with Crippen LogP contribution in [0.1, 0.15) is 34.9 Å². The minimum atomic E-state index is -0.228. The van der Waals surface area contributed by atoms with Gasteiger partial charge in [-0.25, -0.2) is 15.0 Å². The zero-order valence-electron chi connectivity index (χ0n) is 13.0. The zero-order valence-corrected chi connectivity index (χ0v) is 13.0. The minimum Gasteiger partial charge on any atom is -0.347 e. The lowest BCUT2D eigenvalue weighted by Crippen LogP contribution is -2.43. The number of carbonyl (C=O) groups is 1. The molecule has 1 amide bonds. The molecular weight excluding hydrogens is 302 g/mol. The van der Waals surface area contributed by atoms with Crippen molar-refractivity contribution in [2.75, 3.05) is 0 Å². The molecule has 1 aromatic carbocycles. The van der Waals surface area contributed by atoms with Crippen LogP contribution >= 0.6 is 0 Å². The van der Waals surface area contributed by atoms with Crippen molar-refractivity contribution in [3.8, 4) is 5.82 Å². The summed E-state index contributed by atoms with van der Waals surface area (Å²) in [4.78, 5) is 24.7. The van der Waals surface area contributed by atoms with Crippen molar-refractivity contribution in [2.45, 2.75) is 24.8 Å². The third-order valence-corrected chi connectivity index (χ3v) is 4.36. The largest absolute Gasteiger partial charge is 0.347 e. The molecule has 1 fully saturated rings.